The Hall–Kier alpha value is -4.92. The summed E-state index contributed by atoms with van der Waals surface area (Å²) in [5.74, 6) is 1.83. The smallest absolute Gasteiger partial charge is 0.228 e. The monoisotopic (exact) mass is 618 g/mol. The van der Waals surface area contributed by atoms with Gasteiger partial charge in [-0.25, -0.2) is 4.98 Å². The molecule has 6 rings (SSSR count). The van der Waals surface area contributed by atoms with Crippen molar-refractivity contribution in [3.8, 4) is 5.75 Å². The number of hydrogen-bond donors (Lipinski definition) is 3. The van der Waals surface area contributed by atoms with Crippen LogP contribution in [0, 0.1) is 5.92 Å². The van der Waals surface area contributed by atoms with E-state index in [4.69, 9.17) is 14.7 Å². The van der Waals surface area contributed by atoms with Gasteiger partial charge in [-0.3, -0.25) is 9.59 Å². The predicted octanol–water partition coefficient (Wildman–Crippen LogP) is 6.72. The minimum atomic E-state index is -0.607. The zero-order valence-electron chi connectivity index (χ0n) is 26.8. The number of Topliss-reactive ketones (excluding diaryl/α,β-unsaturated/α-hetero) is 1. The SMILES string of the molecule is CCOc1ccc(C(=O)CC(C(=O)NC[C@H]2CC[C@@H](Nc3nc(N(C)C)c4ccccc4n3)CC2)c2c[nH]c3ccccc23)cc1. The van der Waals surface area contributed by atoms with E-state index >= 15 is 0 Å². The first-order valence-corrected chi connectivity index (χ1v) is 16.2. The molecule has 1 atom stereocenters. The fourth-order valence-corrected chi connectivity index (χ4v) is 6.46. The Morgan fingerprint density at radius 3 is 2.39 bits per heavy atom. The first-order chi connectivity index (χ1) is 22.4. The van der Waals surface area contributed by atoms with Gasteiger partial charge in [-0.1, -0.05) is 30.3 Å². The van der Waals surface area contributed by atoms with E-state index in [2.05, 4.69) is 15.6 Å². The highest BCUT2D eigenvalue weighted by atomic mass is 16.5. The Morgan fingerprint density at radius 1 is 0.935 bits per heavy atom. The van der Waals surface area contributed by atoms with E-state index in [9.17, 15) is 9.59 Å². The molecule has 1 aliphatic rings. The van der Waals surface area contributed by atoms with Crippen molar-refractivity contribution < 1.29 is 14.3 Å². The number of aromatic nitrogens is 3. The molecule has 2 aromatic heterocycles. The summed E-state index contributed by atoms with van der Waals surface area (Å²) >= 11 is 0. The number of para-hydroxylation sites is 2. The number of benzene rings is 3. The fourth-order valence-electron chi connectivity index (χ4n) is 6.46. The van der Waals surface area contributed by atoms with Gasteiger partial charge in [-0.05, 0) is 86.6 Å². The highest BCUT2D eigenvalue weighted by Gasteiger charge is 2.29. The number of H-pyrrole nitrogens is 1. The van der Waals surface area contributed by atoms with Gasteiger partial charge in [0.05, 0.1) is 18.0 Å². The lowest BCUT2D eigenvalue weighted by molar-refractivity contribution is -0.122. The number of hydrogen-bond acceptors (Lipinski definition) is 7. The fraction of sp³-hybridized carbons (Fsp3) is 0.351. The second kappa shape index (κ2) is 14.0. The second-order valence-electron chi connectivity index (χ2n) is 12.3. The van der Waals surface area contributed by atoms with Crippen LogP contribution in [0.5, 0.6) is 5.75 Å². The van der Waals surface area contributed by atoms with E-state index < -0.39 is 5.92 Å². The highest BCUT2D eigenvalue weighted by Crippen LogP contribution is 2.31. The molecule has 1 amide bonds. The highest BCUT2D eigenvalue weighted by molar-refractivity contribution is 6.01. The number of rotatable bonds is 12. The zero-order valence-corrected chi connectivity index (χ0v) is 26.8. The molecule has 238 valence electrons. The third-order valence-electron chi connectivity index (χ3n) is 8.94. The molecule has 5 aromatic rings. The Morgan fingerprint density at radius 2 is 1.65 bits per heavy atom. The van der Waals surface area contributed by atoms with E-state index in [1.807, 2.05) is 80.6 Å². The first-order valence-electron chi connectivity index (χ1n) is 16.2. The molecule has 0 aliphatic heterocycles. The molecule has 0 bridgehead atoms. The topological polar surface area (TPSA) is 112 Å². The first kappa shape index (κ1) is 31.1. The van der Waals surface area contributed by atoms with Crippen LogP contribution in [0.1, 0.15) is 60.9 Å². The number of nitrogens with one attached hydrogen (secondary N) is 3. The molecule has 3 aromatic carbocycles. The summed E-state index contributed by atoms with van der Waals surface area (Å²) in [5, 5.41) is 8.78. The molecule has 46 heavy (non-hydrogen) atoms. The van der Waals surface area contributed by atoms with Crippen LogP contribution in [0.2, 0.25) is 0 Å². The van der Waals surface area contributed by atoms with E-state index in [1.54, 1.807) is 24.3 Å². The molecule has 0 radical (unpaired) electrons. The summed E-state index contributed by atoms with van der Waals surface area (Å²) in [4.78, 5) is 42.1. The molecular formula is C37H42N6O3. The summed E-state index contributed by atoms with van der Waals surface area (Å²) in [7, 11) is 3.99. The van der Waals surface area contributed by atoms with E-state index in [-0.39, 0.29) is 24.2 Å². The lowest BCUT2D eigenvalue weighted by atomic mass is 9.85. The number of amides is 1. The maximum Gasteiger partial charge on any atom is 0.228 e. The number of aromatic amines is 1. The third-order valence-corrected chi connectivity index (χ3v) is 8.94. The summed E-state index contributed by atoms with van der Waals surface area (Å²) in [6.07, 6.45) is 5.85. The van der Waals surface area contributed by atoms with Crippen LogP contribution >= 0.6 is 0 Å². The second-order valence-corrected chi connectivity index (χ2v) is 12.3. The van der Waals surface area contributed by atoms with Crippen molar-refractivity contribution in [1.82, 2.24) is 20.3 Å². The van der Waals surface area contributed by atoms with Crippen LogP contribution in [0.15, 0.2) is 79.0 Å². The van der Waals surface area contributed by atoms with Crippen LogP contribution in [0.25, 0.3) is 21.8 Å². The van der Waals surface area contributed by atoms with Crippen molar-refractivity contribution in [3.05, 3.63) is 90.1 Å². The third kappa shape index (κ3) is 6.98. The summed E-state index contributed by atoms with van der Waals surface area (Å²) in [5.41, 5.74) is 3.28. The Bertz CT molecular complexity index is 1810. The van der Waals surface area contributed by atoms with Crippen LogP contribution in [0.4, 0.5) is 11.8 Å². The number of ether oxygens (including phenoxy) is 1. The van der Waals surface area contributed by atoms with Crippen molar-refractivity contribution in [3.63, 3.8) is 0 Å². The van der Waals surface area contributed by atoms with Crippen molar-refractivity contribution in [2.45, 2.75) is 51.0 Å². The minimum absolute atomic E-state index is 0.0756. The molecule has 9 heteroatoms. The molecular weight excluding hydrogens is 576 g/mol. The maximum atomic E-state index is 13.8. The van der Waals surface area contributed by atoms with Crippen molar-refractivity contribution in [2.75, 3.05) is 37.5 Å². The molecule has 2 heterocycles. The van der Waals surface area contributed by atoms with E-state index in [1.165, 1.54) is 0 Å². The largest absolute Gasteiger partial charge is 0.494 e. The average molecular weight is 619 g/mol. The Labute approximate surface area is 269 Å². The van der Waals surface area contributed by atoms with Gasteiger partial charge in [0.1, 0.15) is 11.6 Å². The van der Waals surface area contributed by atoms with Gasteiger partial charge in [0.15, 0.2) is 5.78 Å². The van der Waals surface area contributed by atoms with Gasteiger partial charge in [0.25, 0.3) is 0 Å². The average Bonchev–Trinajstić information content (AvgIpc) is 3.50. The van der Waals surface area contributed by atoms with E-state index in [0.717, 1.165) is 64.6 Å². The van der Waals surface area contributed by atoms with Crippen LogP contribution in [-0.2, 0) is 4.79 Å². The Balaban J connectivity index is 1.09. The molecule has 1 aliphatic carbocycles. The van der Waals surface area contributed by atoms with Gasteiger partial charge in [0.2, 0.25) is 11.9 Å². The maximum absolute atomic E-state index is 13.8. The number of carbonyl (C=O) groups is 2. The van der Waals surface area contributed by atoms with Crippen molar-refractivity contribution >= 4 is 45.3 Å². The molecule has 1 fully saturated rings. The van der Waals surface area contributed by atoms with Gasteiger partial charge < -0.3 is 25.3 Å². The predicted molar refractivity (Wildman–Crippen MR) is 184 cm³/mol. The standard InChI is InChI=1S/C37H42N6O3/c1-4-46-27-19-15-25(16-20-27)34(44)21-30(31-23-38-32-11-7-5-9-28(31)32)36(45)39-22-24-13-17-26(18-14-24)40-37-41-33-12-8-6-10-29(33)35(42-37)43(2)3/h5-12,15-16,19-20,23-24,26,30,38H,4,13-14,17-18,21-22H2,1-3H3,(H,39,45)(H,40,41,42)/t24-,26+,30?. The lowest BCUT2D eigenvalue weighted by Gasteiger charge is -2.30. The van der Waals surface area contributed by atoms with Crippen LogP contribution in [-0.4, -0.2) is 59.9 Å². The minimum Gasteiger partial charge on any atom is -0.494 e. The number of fused-ring (bicyclic) bond motifs is 2. The van der Waals surface area contributed by atoms with Gasteiger partial charge in [-0.15, -0.1) is 0 Å². The molecule has 9 nitrogen and oxygen atoms in total. The summed E-state index contributed by atoms with van der Waals surface area (Å²) < 4.78 is 5.53. The molecule has 0 saturated heterocycles. The molecule has 3 N–H and O–H groups in total. The number of ketones is 1. The van der Waals surface area contributed by atoms with E-state index in [0.29, 0.717) is 30.6 Å². The normalized spacial score (nSPS) is 17.0. The van der Waals surface area contributed by atoms with Gasteiger partial charge in [0, 0.05) is 61.2 Å². The van der Waals surface area contributed by atoms with Crippen LogP contribution in [0.3, 0.4) is 0 Å². The molecule has 1 unspecified atom stereocenters. The quantitative estimate of drug-likeness (QED) is 0.133. The summed E-state index contributed by atoms with van der Waals surface area (Å²) in [6.45, 7) is 3.07. The lowest BCUT2D eigenvalue weighted by Crippen LogP contribution is -2.37. The van der Waals surface area contributed by atoms with Gasteiger partial charge >= 0.3 is 0 Å². The van der Waals surface area contributed by atoms with Crippen LogP contribution < -0.4 is 20.3 Å². The number of anilines is 2. The Kier molecular flexibility index (Phi) is 9.47. The van der Waals surface area contributed by atoms with Crippen molar-refractivity contribution in [1.29, 1.82) is 0 Å². The number of nitrogens with zero attached hydrogens (tertiary/aromatic N) is 3. The molecule has 1 saturated carbocycles. The van der Waals surface area contributed by atoms with Crippen molar-refractivity contribution in [2.24, 2.45) is 5.92 Å². The van der Waals surface area contributed by atoms with Gasteiger partial charge in [-0.2, -0.15) is 4.98 Å². The zero-order chi connectivity index (χ0) is 32.0. The summed E-state index contributed by atoms with van der Waals surface area (Å²) in [6, 6.07) is 23.4. The number of carbonyl (C=O) groups excluding carboxylic acids is 2. The molecule has 0 spiro atoms.